The van der Waals surface area contributed by atoms with Crippen molar-refractivity contribution in [2.45, 2.75) is 0 Å². The minimum atomic E-state index is -0.243. The van der Waals surface area contributed by atoms with Crippen LogP contribution < -0.4 is 0 Å². The maximum atomic E-state index is 11.9. The van der Waals surface area contributed by atoms with Gasteiger partial charge in [-0.2, -0.15) is 9.78 Å². The molecule has 0 aliphatic rings. The molecule has 9 heteroatoms. The second-order valence-corrected chi connectivity index (χ2v) is 4.81. The van der Waals surface area contributed by atoms with E-state index in [4.69, 9.17) is 11.6 Å². The van der Waals surface area contributed by atoms with Crippen molar-refractivity contribution in [3.05, 3.63) is 17.4 Å². The molecular weight excluding hydrogens is 280 g/mol. The monoisotopic (exact) mass is 294 g/mol. The molecule has 0 N–H and O–H groups in total. The van der Waals surface area contributed by atoms with Crippen LogP contribution in [0.15, 0.2) is 12.4 Å². The Morgan fingerprint density at radius 2 is 2.28 bits per heavy atom. The van der Waals surface area contributed by atoms with E-state index in [0.717, 1.165) is 12.2 Å². The first-order valence-electron chi connectivity index (χ1n) is 5.09. The topological polar surface area (TPSA) is 59.8 Å². The third-order valence-electron chi connectivity index (χ3n) is 2.05. The third kappa shape index (κ3) is 4.83. The van der Waals surface area contributed by atoms with Crippen LogP contribution in [0.4, 0.5) is 4.79 Å². The molecule has 0 spiro atoms. The highest BCUT2D eigenvalue weighted by Gasteiger charge is 2.13. The van der Waals surface area contributed by atoms with E-state index < -0.39 is 0 Å². The van der Waals surface area contributed by atoms with Crippen molar-refractivity contribution < 1.29 is 14.0 Å². The van der Waals surface area contributed by atoms with Gasteiger partial charge in [-0.15, -0.1) is 4.33 Å². The average Bonchev–Trinajstić information content (AvgIpc) is 2.79. The van der Waals surface area contributed by atoms with Crippen LogP contribution in [0.1, 0.15) is 0 Å². The van der Waals surface area contributed by atoms with Crippen LogP contribution in [0.2, 0.25) is 5.02 Å². The summed E-state index contributed by atoms with van der Waals surface area (Å²) < 4.78 is 7.67. The molecule has 0 unspecified atom stereocenters. The molecule has 0 saturated heterocycles. The predicted molar refractivity (Wildman–Crippen MR) is 69.0 cm³/mol. The van der Waals surface area contributed by atoms with Crippen molar-refractivity contribution in [2.24, 2.45) is 0 Å². The van der Waals surface area contributed by atoms with E-state index in [-0.39, 0.29) is 6.03 Å². The van der Waals surface area contributed by atoms with Crippen molar-refractivity contribution in [2.75, 3.05) is 34.3 Å². The molecule has 1 aromatic rings. The number of rotatable bonds is 6. The Bertz CT molecular complexity index is 390. The fourth-order valence-electron chi connectivity index (χ4n) is 1.09. The molecule has 0 aromatic carbocycles. The zero-order chi connectivity index (χ0) is 13.5. The Balaban J connectivity index is 2.36. The lowest BCUT2D eigenvalue weighted by Gasteiger charge is -2.19. The lowest BCUT2D eigenvalue weighted by atomic mass is 10.5. The van der Waals surface area contributed by atoms with Crippen LogP contribution in [0.25, 0.3) is 0 Å². The smallest absolute Gasteiger partial charge is 0.325 e. The van der Waals surface area contributed by atoms with E-state index in [2.05, 4.69) is 14.3 Å². The Morgan fingerprint density at radius 3 is 2.83 bits per heavy atom. The minimum absolute atomic E-state index is 0.243. The molecule has 18 heavy (non-hydrogen) atoms. The highest BCUT2D eigenvalue weighted by molar-refractivity contribution is 7.92. The summed E-state index contributed by atoms with van der Waals surface area (Å²) >= 11 is 6.76. The van der Waals surface area contributed by atoms with Crippen LogP contribution in [0.5, 0.6) is 0 Å². The minimum Gasteiger partial charge on any atom is -0.325 e. The van der Waals surface area contributed by atoms with E-state index in [1.165, 1.54) is 29.1 Å². The summed E-state index contributed by atoms with van der Waals surface area (Å²) in [5.74, 6) is 0. The molecule has 1 amide bonds. The van der Waals surface area contributed by atoms with Crippen molar-refractivity contribution in [1.29, 1.82) is 0 Å². The first-order valence-corrected chi connectivity index (χ1v) is 6.16. The average molecular weight is 295 g/mol. The molecule has 0 aliphatic carbocycles. The molecule has 0 bridgehead atoms. The van der Waals surface area contributed by atoms with Crippen molar-refractivity contribution in [1.82, 2.24) is 19.0 Å². The van der Waals surface area contributed by atoms with E-state index in [0.29, 0.717) is 18.1 Å². The predicted octanol–water partition coefficient (Wildman–Crippen LogP) is 1.51. The second kappa shape index (κ2) is 7.59. The van der Waals surface area contributed by atoms with Gasteiger partial charge in [-0.3, -0.25) is 0 Å². The van der Waals surface area contributed by atoms with Gasteiger partial charge in [0.25, 0.3) is 0 Å². The van der Waals surface area contributed by atoms with Gasteiger partial charge in [0.2, 0.25) is 0 Å². The standard InChI is InChI=1S/C9H15ClN4O3S/c1-12(4-5-13(2)18-17-16-3)9(15)14-7-8(10)6-11-14/h6-7H,4-5H2,1-3H3. The number of hydrogen-bond acceptors (Lipinski definition) is 6. The number of nitrogens with zero attached hydrogens (tertiary/aromatic N) is 4. The van der Waals surface area contributed by atoms with E-state index in [9.17, 15) is 4.79 Å². The largest absolute Gasteiger partial charge is 0.344 e. The Labute approximate surface area is 115 Å². The van der Waals surface area contributed by atoms with Gasteiger partial charge in [0.05, 0.1) is 24.5 Å². The quantitative estimate of drug-likeness (QED) is 0.343. The molecule has 0 atom stereocenters. The summed E-state index contributed by atoms with van der Waals surface area (Å²) in [5, 5.41) is 4.27. The highest BCUT2D eigenvalue weighted by atomic mass is 35.5. The van der Waals surface area contributed by atoms with Gasteiger partial charge in [-0.1, -0.05) is 11.6 Å². The number of aromatic nitrogens is 2. The highest BCUT2D eigenvalue weighted by Crippen LogP contribution is 2.08. The number of carbonyl (C=O) groups excluding carboxylic acids is 1. The van der Waals surface area contributed by atoms with Crippen LogP contribution in [0.3, 0.4) is 0 Å². The lowest BCUT2D eigenvalue weighted by Crippen LogP contribution is -2.36. The van der Waals surface area contributed by atoms with Gasteiger partial charge >= 0.3 is 6.03 Å². The number of halogens is 1. The molecule has 7 nitrogen and oxygen atoms in total. The number of hydrogen-bond donors (Lipinski definition) is 0. The van der Waals surface area contributed by atoms with E-state index >= 15 is 0 Å². The van der Waals surface area contributed by atoms with Crippen LogP contribution in [-0.4, -0.2) is 59.3 Å². The van der Waals surface area contributed by atoms with Gasteiger partial charge in [0.15, 0.2) is 0 Å². The maximum Gasteiger partial charge on any atom is 0.344 e. The molecule has 0 aliphatic heterocycles. The summed E-state index contributed by atoms with van der Waals surface area (Å²) in [5.41, 5.74) is 0. The SMILES string of the molecule is COOSN(C)CCN(C)C(=O)n1cc(Cl)cn1. The molecule has 1 aromatic heterocycles. The molecule has 1 heterocycles. The summed E-state index contributed by atoms with van der Waals surface area (Å²) in [6.45, 7) is 1.14. The maximum absolute atomic E-state index is 11.9. The first kappa shape index (κ1) is 15.3. The van der Waals surface area contributed by atoms with Crippen LogP contribution in [-0.2, 0) is 9.22 Å². The van der Waals surface area contributed by atoms with Gasteiger partial charge in [-0.05, 0) is 7.05 Å². The third-order valence-corrected chi connectivity index (χ3v) is 2.88. The second-order valence-electron chi connectivity index (χ2n) is 3.47. The molecule has 0 fully saturated rings. The lowest BCUT2D eigenvalue weighted by molar-refractivity contribution is -0.163. The number of amides is 1. The molecule has 1 rings (SSSR count). The normalized spacial score (nSPS) is 10.9. The molecular formula is C9H15ClN4O3S. The Morgan fingerprint density at radius 1 is 1.56 bits per heavy atom. The van der Waals surface area contributed by atoms with Crippen LogP contribution >= 0.6 is 23.8 Å². The summed E-state index contributed by atoms with van der Waals surface area (Å²) in [7, 11) is 4.94. The van der Waals surface area contributed by atoms with Gasteiger partial charge < -0.3 is 4.90 Å². The Hall–Kier alpha value is -0.800. The zero-order valence-electron chi connectivity index (χ0n) is 10.4. The van der Waals surface area contributed by atoms with Crippen molar-refractivity contribution in [3.8, 4) is 0 Å². The summed E-state index contributed by atoms with van der Waals surface area (Å²) in [4.78, 5) is 17.9. The van der Waals surface area contributed by atoms with Crippen molar-refractivity contribution in [3.63, 3.8) is 0 Å². The Kier molecular flexibility index (Phi) is 6.44. The van der Waals surface area contributed by atoms with Gasteiger partial charge in [0, 0.05) is 20.1 Å². The first-order chi connectivity index (χ1) is 8.54. The molecule has 0 saturated carbocycles. The zero-order valence-corrected chi connectivity index (χ0v) is 11.9. The molecule has 102 valence electrons. The van der Waals surface area contributed by atoms with Gasteiger partial charge in [-0.25, -0.2) is 14.0 Å². The van der Waals surface area contributed by atoms with E-state index in [1.807, 2.05) is 7.05 Å². The summed E-state index contributed by atoms with van der Waals surface area (Å²) in [6, 6.07) is -0.243. The fraction of sp³-hybridized carbons (Fsp3) is 0.556. The number of carbonyl (C=O) groups is 1. The molecule has 0 radical (unpaired) electrons. The van der Waals surface area contributed by atoms with E-state index in [1.54, 1.807) is 11.4 Å². The van der Waals surface area contributed by atoms with Crippen LogP contribution in [0, 0.1) is 0 Å². The van der Waals surface area contributed by atoms with Gasteiger partial charge in [0.1, 0.15) is 12.2 Å². The summed E-state index contributed by atoms with van der Waals surface area (Å²) in [6.07, 6.45) is 2.88. The fourth-order valence-corrected chi connectivity index (χ4v) is 1.54. The van der Waals surface area contributed by atoms with Crippen molar-refractivity contribution >= 4 is 29.9 Å². The number of likely N-dealkylation sites (N-methyl/N-ethyl adjacent to an activating group) is 2.